The van der Waals surface area contributed by atoms with Gasteiger partial charge in [0.1, 0.15) is 58.2 Å². The Morgan fingerprint density at radius 3 is 0.800 bits per heavy atom. The SMILES string of the molecule is CCCn1c(CN(CC(C)C)C(=O)c2cc(F)ccc2F)nc2cc(CNCCC(C)C)ccc21.CCCn1c(CN(CC(C)C)C(=O)c2cc(F)ccc2F)nc2cc(CNCCCC(C)C)ccc21.CCCn1c(CN(CC(C)C)C(=O)c2cccc(F)c2)nc2cc(CNCCC(C)C)ccc21.CCCn1c(CN(CC(C)C)C(=O)c2cccc(F)c2)nc2cc(CNCCCC(C)C)ccc21. The maximum atomic E-state index is 14.4. The van der Waals surface area contributed by atoms with E-state index in [2.05, 4.69) is 223 Å². The maximum absolute atomic E-state index is 14.4. The van der Waals surface area contributed by atoms with E-state index in [0.29, 0.717) is 68.1 Å². The Kier molecular flexibility index (Phi) is 45.5. The minimum absolute atomic E-state index is 0.156. The number of fused-ring (bicyclic) bond motifs is 4. The molecular weight excluding hydrogens is 1770 g/mol. The molecule has 0 radical (unpaired) electrons. The average Bonchev–Trinajstić information content (AvgIpc) is 1.65. The van der Waals surface area contributed by atoms with Crippen LogP contribution in [-0.4, -0.2) is 134 Å². The lowest BCUT2D eigenvalue weighted by molar-refractivity contribution is 0.0704. The topological polar surface area (TPSA) is 201 Å². The fourth-order valence-corrected chi connectivity index (χ4v) is 17.3. The van der Waals surface area contributed by atoms with E-state index < -0.39 is 46.7 Å². The molecule has 12 aromatic rings. The number of aryl methyl sites for hydroxylation is 4. The molecule has 0 spiro atoms. The van der Waals surface area contributed by atoms with E-state index in [1.807, 2.05) is 27.7 Å². The first kappa shape index (κ1) is 113. The zero-order valence-corrected chi connectivity index (χ0v) is 87.1. The van der Waals surface area contributed by atoms with Crippen molar-refractivity contribution in [2.45, 2.75) is 281 Å². The van der Waals surface area contributed by atoms with Crippen molar-refractivity contribution in [2.24, 2.45) is 47.3 Å². The zero-order valence-electron chi connectivity index (χ0n) is 87.1. The predicted molar refractivity (Wildman–Crippen MR) is 558 cm³/mol. The van der Waals surface area contributed by atoms with Gasteiger partial charge >= 0.3 is 0 Å². The summed E-state index contributed by atoms with van der Waals surface area (Å²) >= 11 is 0. The van der Waals surface area contributed by atoms with E-state index >= 15 is 0 Å². The number of halogens is 6. The number of hydrogen-bond donors (Lipinski definition) is 4. The summed E-state index contributed by atoms with van der Waals surface area (Å²) in [5.41, 5.74) is 12.9. The highest BCUT2D eigenvalue weighted by atomic mass is 19.1. The van der Waals surface area contributed by atoms with Gasteiger partial charge in [-0.1, -0.05) is 175 Å². The predicted octanol–water partition coefficient (Wildman–Crippen LogP) is 25.1. The molecule has 4 heterocycles. The maximum Gasteiger partial charge on any atom is 0.257 e. The van der Waals surface area contributed by atoms with E-state index in [4.69, 9.17) is 19.9 Å². The van der Waals surface area contributed by atoms with Gasteiger partial charge in [-0.05, 0) is 281 Å². The molecule has 8 aromatic carbocycles. The number of rotatable bonds is 50. The van der Waals surface area contributed by atoms with Crippen LogP contribution < -0.4 is 21.3 Å². The number of aromatic nitrogens is 8. The van der Waals surface area contributed by atoms with Crippen LogP contribution >= 0.6 is 0 Å². The third-order valence-electron chi connectivity index (χ3n) is 24.0. The summed E-state index contributed by atoms with van der Waals surface area (Å²) in [6.07, 6.45) is 10.8. The molecule has 0 saturated heterocycles. The van der Waals surface area contributed by atoms with Gasteiger partial charge in [-0.15, -0.1) is 0 Å². The number of nitrogens with zero attached hydrogens (tertiary/aromatic N) is 12. The fourth-order valence-electron chi connectivity index (χ4n) is 17.3. The summed E-state index contributed by atoms with van der Waals surface area (Å²) < 4.78 is 92.7. The van der Waals surface area contributed by atoms with Crippen LogP contribution in [0, 0.1) is 82.2 Å². The molecular formula is C114H158F6N16O4. The molecule has 0 aliphatic carbocycles. The van der Waals surface area contributed by atoms with E-state index in [1.54, 1.807) is 43.9 Å². The molecule has 0 saturated carbocycles. The highest BCUT2D eigenvalue weighted by molar-refractivity contribution is 5.96. The van der Waals surface area contributed by atoms with Gasteiger partial charge in [0.2, 0.25) is 0 Å². The number of amides is 4. The number of benzene rings is 8. The van der Waals surface area contributed by atoms with Gasteiger partial charge in [0.05, 0.1) is 81.4 Å². The number of hydrogen-bond acceptors (Lipinski definition) is 12. The highest BCUT2D eigenvalue weighted by Gasteiger charge is 2.29. The van der Waals surface area contributed by atoms with Crippen molar-refractivity contribution in [1.82, 2.24) is 79.1 Å². The minimum atomic E-state index is -0.721. The van der Waals surface area contributed by atoms with Gasteiger partial charge in [-0.2, -0.15) is 0 Å². The van der Waals surface area contributed by atoms with E-state index in [9.17, 15) is 45.5 Å². The molecule has 760 valence electrons. The van der Waals surface area contributed by atoms with E-state index in [0.717, 1.165) is 244 Å². The molecule has 0 aliphatic rings. The van der Waals surface area contributed by atoms with Crippen LogP contribution in [0.3, 0.4) is 0 Å². The van der Waals surface area contributed by atoms with E-state index in [1.165, 1.54) is 54.7 Å². The number of imidazole rings is 4. The van der Waals surface area contributed by atoms with Gasteiger partial charge < -0.3 is 59.1 Å². The summed E-state index contributed by atoms with van der Waals surface area (Å²) in [4.78, 5) is 79.6. The second-order valence-corrected chi connectivity index (χ2v) is 40.7. The van der Waals surface area contributed by atoms with Crippen LogP contribution in [0.15, 0.2) is 158 Å². The molecule has 4 amide bonds. The standard InChI is InChI=1S/C29H40F2N4O.C29H41FN4O.C28H38F2N4O.C28H39FN4O/c1-6-14-35-27-12-9-22(17-32-13-7-8-20(2)3)15-26(27)33-28(35)19-34(18-21(4)5)29(36)24-16-23(30)10-11-25(24)31;1-6-15-34-27-13-12-23(18-31-14-8-9-21(2)3)16-26(27)32-28(34)20-33(19-22(4)5)29(35)24-10-7-11-25(30)17-24;1-6-13-34-26-10-7-21(16-31-12-11-19(2)3)14-25(26)32-27(34)18-33(17-20(4)5)28(35)23-15-22(29)8-9-24(23)30;1-6-14-33-26-11-10-22(17-30-13-12-20(2)3)15-25(26)31-27(33)19-32(18-21(4)5)28(34)23-8-7-9-24(29)16-23/h9-12,15-16,20-21,32H,6-8,13-14,17-19H2,1-5H3;7,10-13,16-17,21-22,31H,6,8-9,14-15,18-20H2,1-5H3;7-10,14-15,19-20,31H,6,11-13,16-18H2,1-5H3;7-11,15-16,20-21,30H,6,12-14,17-19H2,1-5H3. The minimum Gasteiger partial charge on any atom is -0.331 e. The third-order valence-corrected chi connectivity index (χ3v) is 24.0. The van der Waals surface area contributed by atoms with Crippen molar-refractivity contribution in [3.05, 3.63) is 260 Å². The van der Waals surface area contributed by atoms with Crippen molar-refractivity contribution < 1.29 is 45.5 Å². The molecule has 20 nitrogen and oxygen atoms in total. The fraction of sp³-hybridized carbons (Fsp3) is 0.509. The van der Waals surface area contributed by atoms with Gasteiger partial charge in [0.15, 0.2) is 0 Å². The quantitative estimate of drug-likeness (QED) is 0.0208. The first-order valence-corrected chi connectivity index (χ1v) is 51.3. The molecule has 0 bridgehead atoms. The van der Waals surface area contributed by atoms with Crippen molar-refractivity contribution in [3.8, 4) is 0 Å². The summed E-state index contributed by atoms with van der Waals surface area (Å²) in [6, 6.07) is 43.4. The van der Waals surface area contributed by atoms with Crippen molar-refractivity contribution in [3.63, 3.8) is 0 Å². The van der Waals surface area contributed by atoms with Gasteiger partial charge in [-0.3, -0.25) is 19.2 Å². The number of carbonyl (C=O) groups is 4. The van der Waals surface area contributed by atoms with Gasteiger partial charge in [0, 0.05) is 89.7 Å². The van der Waals surface area contributed by atoms with Crippen LogP contribution in [0.5, 0.6) is 0 Å². The van der Waals surface area contributed by atoms with Gasteiger partial charge in [-0.25, -0.2) is 46.3 Å². The largest absolute Gasteiger partial charge is 0.331 e. The lowest BCUT2D eigenvalue weighted by Gasteiger charge is -2.25. The Labute approximate surface area is 829 Å². The molecule has 4 aromatic heterocycles. The average molecular weight is 1930 g/mol. The van der Waals surface area contributed by atoms with Crippen molar-refractivity contribution in [1.29, 1.82) is 0 Å². The summed E-state index contributed by atoms with van der Waals surface area (Å²) in [7, 11) is 0. The first-order chi connectivity index (χ1) is 66.9. The molecule has 0 atom stereocenters. The van der Waals surface area contributed by atoms with Crippen molar-refractivity contribution >= 4 is 67.8 Å². The Morgan fingerprint density at radius 1 is 0.293 bits per heavy atom. The highest BCUT2D eigenvalue weighted by Crippen LogP contribution is 2.30. The Balaban J connectivity index is 0.000000209. The lowest BCUT2D eigenvalue weighted by Crippen LogP contribution is -2.35. The normalized spacial score (nSPS) is 11.7. The Bertz CT molecular complexity index is 5910. The van der Waals surface area contributed by atoms with E-state index in [-0.39, 0.29) is 59.7 Å². The third kappa shape index (κ3) is 34.7. The number of carbonyl (C=O) groups excluding carboxylic acids is 4. The molecule has 0 fully saturated rings. The van der Waals surface area contributed by atoms with Gasteiger partial charge in [0.25, 0.3) is 23.6 Å². The summed E-state index contributed by atoms with van der Waals surface area (Å²) in [5.74, 6) is 2.01. The molecule has 0 aliphatic heterocycles. The van der Waals surface area contributed by atoms with Crippen LogP contribution in [-0.2, 0) is 78.5 Å². The lowest BCUT2D eigenvalue weighted by atomic mass is 10.1. The second kappa shape index (κ2) is 56.5. The first-order valence-electron chi connectivity index (χ1n) is 51.3. The smallest absolute Gasteiger partial charge is 0.257 e. The second-order valence-electron chi connectivity index (χ2n) is 40.7. The molecule has 140 heavy (non-hydrogen) atoms. The van der Waals surface area contributed by atoms with Crippen LogP contribution in [0.4, 0.5) is 26.3 Å². The molecule has 26 heteroatoms. The van der Waals surface area contributed by atoms with Crippen LogP contribution in [0.1, 0.15) is 290 Å². The zero-order chi connectivity index (χ0) is 102. The molecule has 4 N–H and O–H groups in total. The molecule has 12 rings (SSSR count). The van der Waals surface area contributed by atoms with Crippen molar-refractivity contribution in [2.75, 3.05) is 52.4 Å². The van der Waals surface area contributed by atoms with Crippen LogP contribution in [0.2, 0.25) is 0 Å². The summed E-state index contributed by atoms with van der Waals surface area (Å²) in [6.45, 7) is 56.3. The summed E-state index contributed by atoms with van der Waals surface area (Å²) in [5, 5.41) is 14.1. The monoisotopic (exact) mass is 1930 g/mol. The Hall–Kier alpha value is -11.1. The Morgan fingerprint density at radius 2 is 0.550 bits per heavy atom. The number of nitrogens with one attached hydrogen (secondary N) is 4. The van der Waals surface area contributed by atoms with Crippen LogP contribution in [0.25, 0.3) is 44.1 Å². The molecule has 0 unspecified atom stereocenters.